The van der Waals surface area contributed by atoms with Gasteiger partial charge in [0.15, 0.2) is 0 Å². The first-order valence-corrected chi connectivity index (χ1v) is 6.09. The van der Waals surface area contributed by atoms with E-state index in [1.165, 1.54) is 6.42 Å². The second-order valence-electron chi connectivity index (χ2n) is 4.70. The zero-order valence-corrected chi connectivity index (χ0v) is 10.3. The summed E-state index contributed by atoms with van der Waals surface area (Å²) in [6.45, 7) is 10.2. The molecule has 1 N–H and O–H groups in total. The molecule has 0 bridgehead atoms. The van der Waals surface area contributed by atoms with Gasteiger partial charge >= 0.3 is 0 Å². The molecule has 0 amide bonds. The summed E-state index contributed by atoms with van der Waals surface area (Å²) < 4.78 is 0. The molecule has 0 saturated carbocycles. The minimum Gasteiger partial charge on any atom is -0.311 e. The van der Waals surface area contributed by atoms with Crippen molar-refractivity contribution in [1.29, 1.82) is 0 Å². The predicted molar refractivity (Wildman–Crippen MR) is 65.7 cm³/mol. The lowest BCUT2D eigenvalue weighted by Crippen LogP contribution is -2.55. The fourth-order valence-electron chi connectivity index (χ4n) is 2.17. The summed E-state index contributed by atoms with van der Waals surface area (Å²) in [5, 5.41) is 3.60. The summed E-state index contributed by atoms with van der Waals surface area (Å²) in [4.78, 5) is 2.52. The Morgan fingerprint density at radius 2 is 2.27 bits per heavy atom. The molecule has 0 aromatic heterocycles. The van der Waals surface area contributed by atoms with Gasteiger partial charge in [-0.3, -0.25) is 4.90 Å². The number of rotatable bonds is 4. The van der Waals surface area contributed by atoms with Gasteiger partial charge in [0, 0.05) is 38.1 Å². The molecule has 86 valence electrons. The first kappa shape index (κ1) is 12.5. The number of nitrogens with zero attached hydrogens (tertiary/aromatic N) is 1. The zero-order valence-electron chi connectivity index (χ0n) is 10.3. The van der Waals surface area contributed by atoms with Crippen LogP contribution in [0.4, 0.5) is 0 Å². The van der Waals surface area contributed by atoms with Crippen LogP contribution < -0.4 is 5.32 Å². The van der Waals surface area contributed by atoms with E-state index in [1.807, 2.05) is 0 Å². The molecule has 0 radical (unpaired) electrons. The van der Waals surface area contributed by atoms with Gasteiger partial charge in [-0.2, -0.15) is 0 Å². The van der Waals surface area contributed by atoms with Crippen LogP contribution in [-0.4, -0.2) is 36.6 Å². The Hall–Kier alpha value is -0.520. The Labute approximate surface area is 94.4 Å². The van der Waals surface area contributed by atoms with E-state index < -0.39 is 0 Å². The van der Waals surface area contributed by atoms with Crippen LogP contribution in [0.25, 0.3) is 0 Å². The lowest BCUT2D eigenvalue weighted by atomic mass is 9.96. The number of nitrogens with one attached hydrogen (secondary N) is 1. The maximum absolute atomic E-state index is 5.36. The molecule has 0 aromatic carbocycles. The van der Waals surface area contributed by atoms with E-state index in [-0.39, 0.29) is 0 Å². The van der Waals surface area contributed by atoms with E-state index in [4.69, 9.17) is 6.42 Å². The summed E-state index contributed by atoms with van der Waals surface area (Å²) in [6.07, 6.45) is 7.48. The molecule has 1 aliphatic heterocycles. The molecule has 2 nitrogen and oxygen atoms in total. The fraction of sp³-hybridized carbons (Fsp3) is 0.846. The smallest absolute Gasteiger partial charge is 0.0240 e. The standard InChI is InChI=1S/C13H24N2/c1-5-7-12(4)15-9-8-14-13(10-15)11(3)6-2/h1,11-14H,6-10H2,2-4H3. The Kier molecular flexibility index (Phi) is 5.14. The van der Waals surface area contributed by atoms with Crippen molar-refractivity contribution >= 4 is 0 Å². The predicted octanol–water partition coefficient (Wildman–Crippen LogP) is 1.72. The van der Waals surface area contributed by atoms with Crippen LogP contribution in [0.2, 0.25) is 0 Å². The van der Waals surface area contributed by atoms with Crippen LogP contribution in [0, 0.1) is 18.3 Å². The Bertz CT molecular complexity index is 219. The largest absolute Gasteiger partial charge is 0.311 e. The summed E-state index contributed by atoms with van der Waals surface area (Å²) in [5.41, 5.74) is 0. The van der Waals surface area contributed by atoms with Gasteiger partial charge in [-0.1, -0.05) is 20.3 Å². The molecule has 1 fully saturated rings. The minimum absolute atomic E-state index is 0.531. The van der Waals surface area contributed by atoms with Gasteiger partial charge in [0.25, 0.3) is 0 Å². The van der Waals surface area contributed by atoms with Crippen molar-refractivity contribution in [3.05, 3.63) is 0 Å². The maximum atomic E-state index is 5.36. The lowest BCUT2D eigenvalue weighted by molar-refractivity contribution is 0.132. The first-order valence-electron chi connectivity index (χ1n) is 6.09. The van der Waals surface area contributed by atoms with Crippen molar-refractivity contribution in [3.63, 3.8) is 0 Å². The van der Waals surface area contributed by atoms with E-state index in [0.29, 0.717) is 12.1 Å². The molecule has 1 saturated heterocycles. The monoisotopic (exact) mass is 208 g/mol. The average molecular weight is 208 g/mol. The highest BCUT2D eigenvalue weighted by molar-refractivity contribution is 4.92. The average Bonchev–Trinajstić information content (AvgIpc) is 2.28. The fourth-order valence-corrected chi connectivity index (χ4v) is 2.17. The van der Waals surface area contributed by atoms with Crippen LogP contribution >= 0.6 is 0 Å². The summed E-state index contributed by atoms with van der Waals surface area (Å²) >= 11 is 0. The van der Waals surface area contributed by atoms with Gasteiger partial charge in [0.05, 0.1) is 0 Å². The molecule has 15 heavy (non-hydrogen) atoms. The highest BCUT2D eigenvalue weighted by Crippen LogP contribution is 2.14. The molecule has 3 atom stereocenters. The van der Waals surface area contributed by atoms with E-state index in [9.17, 15) is 0 Å². The first-order chi connectivity index (χ1) is 7.19. The van der Waals surface area contributed by atoms with Gasteiger partial charge < -0.3 is 5.32 Å². The van der Waals surface area contributed by atoms with E-state index in [2.05, 4.69) is 36.9 Å². The molecule has 2 heteroatoms. The molecule has 1 aliphatic rings. The van der Waals surface area contributed by atoms with Gasteiger partial charge in [-0.05, 0) is 12.8 Å². The number of hydrogen-bond donors (Lipinski definition) is 1. The van der Waals surface area contributed by atoms with Crippen molar-refractivity contribution in [2.45, 2.75) is 45.7 Å². The number of piperazine rings is 1. The maximum Gasteiger partial charge on any atom is 0.0240 e. The highest BCUT2D eigenvalue weighted by Gasteiger charge is 2.25. The van der Waals surface area contributed by atoms with Crippen LogP contribution in [0.5, 0.6) is 0 Å². The Morgan fingerprint density at radius 3 is 2.87 bits per heavy atom. The quantitative estimate of drug-likeness (QED) is 0.708. The zero-order chi connectivity index (χ0) is 11.3. The third-order valence-corrected chi connectivity index (χ3v) is 3.60. The van der Waals surface area contributed by atoms with Crippen molar-refractivity contribution in [2.75, 3.05) is 19.6 Å². The molecular weight excluding hydrogens is 184 g/mol. The third kappa shape index (κ3) is 3.52. The second-order valence-corrected chi connectivity index (χ2v) is 4.70. The molecule has 0 aliphatic carbocycles. The van der Waals surface area contributed by atoms with E-state index in [0.717, 1.165) is 32.0 Å². The highest BCUT2D eigenvalue weighted by atomic mass is 15.2. The van der Waals surface area contributed by atoms with E-state index in [1.54, 1.807) is 0 Å². The minimum atomic E-state index is 0.531. The SMILES string of the molecule is C#CCC(C)N1CCNC(C(C)CC)C1. The van der Waals surface area contributed by atoms with Crippen LogP contribution in [-0.2, 0) is 0 Å². The third-order valence-electron chi connectivity index (χ3n) is 3.60. The van der Waals surface area contributed by atoms with Gasteiger partial charge in [-0.25, -0.2) is 0 Å². The van der Waals surface area contributed by atoms with Crippen LogP contribution in [0.1, 0.15) is 33.6 Å². The van der Waals surface area contributed by atoms with Gasteiger partial charge in [0.2, 0.25) is 0 Å². The lowest BCUT2D eigenvalue weighted by Gasteiger charge is -2.39. The van der Waals surface area contributed by atoms with Gasteiger partial charge in [0.1, 0.15) is 0 Å². The van der Waals surface area contributed by atoms with Crippen molar-refractivity contribution in [2.24, 2.45) is 5.92 Å². The number of hydrogen-bond acceptors (Lipinski definition) is 2. The van der Waals surface area contributed by atoms with Crippen LogP contribution in [0.3, 0.4) is 0 Å². The van der Waals surface area contributed by atoms with Crippen LogP contribution in [0.15, 0.2) is 0 Å². The molecule has 1 heterocycles. The Balaban J connectivity index is 2.45. The summed E-state index contributed by atoms with van der Waals surface area (Å²) in [6, 6.07) is 1.17. The Morgan fingerprint density at radius 1 is 1.53 bits per heavy atom. The van der Waals surface area contributed by atoms with Crippen molar-refractivity contribution in [1.82, 2.24) is 10.2 Å². The normalized spacial score (nSPS) is 26.9. The molecule has 1 rings (SSSR count). The second kappa shape index (κ2) is 6.15. The molecular formula is C13H24N2. The molecule has 0 spiro atoms. The van der Waals surface area contributed by atoms with Gasteiger partial charge in [-0.15, -0.1) is 12.3 Å². The molecule has 0 aromatic rings. The van der Waals surface area contributed by atoms with Crippen molar-refractivity contribution < 1.29 is 0 Å². The summed E-state index contributed by atoms with van der Waals surface area (Å²) in [7, 11) is 0. The van der Waals surface area contributed by atoms with Crippen molar-refractivity contribution in [3.8, 4) is 12.3 Å². The topological polar surface area (TPSA) is 15.3 Å². The molecule has 3 unspecified atom stereocenters. The number of terminal acetylenes is 1. The van der Waals surface area contributed by atoms with E-state index >= 15 is 0 Å². The summed E-state index contributed by atoms with van der Waals surface area (Å²) in [5.74, 6) is 3.52.